The van der Waals surface area contributed by atoms with Gasteiger partial charge in [0.2, 0.25) is 11.0 Å². The van der Waals surface area contributed by atoms with Gasteiger partial charge < -0.3 is 10.2 Å². The Bertz CT molecular complexity index is 651. The van der Waals surface area contributed by atoms with Crippen molar-refractivity contribution in [3.8, 4) is 0 Å². The predicted octanol–water partition coefficient (Wildman–Crippen LogP) is 2.17. The van der Waals surface area contributed by atoms with Crippen molar-refractivity contribution in [2.45, 2.75) is 44.3 Å². The van der Waals surface area contributed by atoms with E-state index in [4.69, 9.17) is 0 Å². The SMILES string of the molecule is O=C1CC(C2CCCCN2C(=O)Nc2nnc(CC(F)(F)F)s2)CN1. The summed E-state index contributed by atoms with van der Waals surface area (Å²) in [6.45, 7) is 1.09. The summed E-state index contributed by atoms with van der Waals surface area (Å²) >= 11 is 0.719. The maximum Gasteiger partial charge on any atom is 0.395 e. The molecule has 7 nitrogen and oxygen atoms in total. The molecule has 3 heterocycles. The zero-order chi connectivity index (χ0) is 18.0. The first-order valence-corrected chi connectivity index (χ1v) is 8.87. The maximum absolute atomic E-state index is 12.5. The van der Waals surface area contributed by atoms with Crippen LogP contribution >= 0.6 is 11.3 Å². The fraction of sp³-hybridized carbons (Fsp3) is 0.714. The molecule has 2 aliphatic heterocycles. The van der Waals surface area contributed by atoms with E-state index in [0.29, 0.717) is 19.5 Å². The van der Waals surface area contributed by atoms with E-state index in [2.05, 4.69) is 20.8 Å². The van der Waals surface area contributed by atoms with Gasteiger partial charge in [-0.2, -0.15) is 13.2 Å². The van der Waals surface area contributed by atoms with Crippen LogP contribution in [0.5, 0.6) is 0 Å². The molecule has 2 fully saturated rings. The van der Waals surface area contributed by atoms with Gasteiger partial charge in [0.15, 0.2) is 0 Å². The lowest BCUT2D eigenvalue weighted by Gasteiger charge is -2.38. The molecule has 1 aromatic rings. The number of halogens is 3. The molecule has 2 N–H and O–H groups in total. The first-order chi connectivity index (χ1) is 11.8. The van der Waals surface area contributed by atoms with Gasteiger partial charge in [-0.05, 0) is 19.3 Å². The van der Waals surface area contributed by atoms with E-state index in [1.165, 1.54) is 0 Å². The van der Waals surface area contributed by atoms with Gasteiger partial charge in [-0.15, -0.1) is 10.2 Å². The number of hydrogen-bond acceptors (Lipinski definition) is 5. The van der Waals surface area contributed by atoms with Crippen molar-refractivity contribution in [3.05, 3.63) is 5.01 Å². The van der Waals surface area contributed by atoms with E-state index < -0.39 is 18.6 Å². The minimum absolute atomic E-state index is 0.0168. The van der Waals surface area contributed by atoms with Crippen LogP contribution in [0.25, 0.3) is 0 Å². The zero-order valence-electron chi connectivity index (χ0n) is 13.3. The van der Waals surface area contributed by atoms with Crippen LogP contribution in [0.3, 0.4) is 0 Å². The lowest BCUT2D eigenvalue weighted by molar-refractivity contribution is -0.127. The van der Waals surface area contributed by atoms with Gasteiger partial charge in [-0.3, -0.25) is 10.1 Å². The molecule has 1 aromatic heterocycles. The largest absolute Gasteiger partial charge is 0.395 e. The van der Waals surface area contributed by atoms with Crippen molar-refractivity contribution in [1.82, 2.24) is 20.4 Å². The van der Waals surface area contributed by atoms with Crippen molar-refractivity contribution >= 4 is 28.4 Å². The molecule has 3 rings (SSSR count). The Labute approximate surface area is 146 Å². The number of hydrogen-bond donors (Lipinski definition) is 2. The monoisotopic (exact) mass is 377 g/mol. The fourth-order valence-electron chi connectivity index (χ4n) is 3.31. The third-order valence-corrected chi connectivity index (χ3v) is 5.23. The fourth-order valence-corrected chi connectivity index (χ4v) is 4.07. The number of amides is 3. The van der Waals surface area contributed by atoms with E-state index in [1.54, 1.807) is 4.90 Å². The van der Waals surface area contributed by atoms with Crippen molar-refractivity contribution in [3.63, 3.8) is 0 Å². The van der Waals surface area contributed by atoms with E-state index in [-0.39, 0.29) is 28.0 Å². The summed E-state index contributed by atoms with van der Waals surface area (Å²) in [6.07, 6.45) is -2.49. The lowest BCUT2D eigenvalue weighted by Crippen LogP contribution is -2.49. The average molecular weight is 377 g/mol. The van der Waals surface area contributed by atoms with Crippen molar-refractivity contribution in [2.24, 2.45) is 5.92 Å². The highest BCUT2D eigenvalue weighted by atomic mass is 32.1. The minimum atomic E-state index is -4.36. The molecule has 0 bridgehead atoms. The Morgan fingerprint density at radius 1 is 1.36 bits per heavy atom. The normalized spacial score (nSPS) is 24.3. The van der Waals surface area contributed by atoms with Gasteiger partial charge in [0.05, 0.1) is 6.42 Å². The Kier molecular flexibility index (Phi) is 5.11. The summed E-state index contributed by atoms with van der Waals surface area (Å²) in [5.74, 6) is 0.0469. The zero-order valence-corrected chi connectivity index (χ0v) is 14.1. The highest BCUT2D eigenvalue weighted by Crippen LogP contribution is 2.29. The second kappa shape index (κ2) is 7.14. The van der Waals surface area contributed by atoms with Crippen LogP contribution in [0.2, 0.25) is 0 Å². The number of rotatable bonds is 3. The number of aromatic nitrogens is 2. The summed E-state index contributed by atoms with van der Waals surface area (Å²) < 4.78 is 37.1. The second-order valence-electron chi connectivity index (χ2n) is 6.25. The maximum atomic E-state index is 12.5. The number of nitrogens with zero attached hydrogens (tertiary/aromatic N) is 3. The first-order valence-electron chi connectivity index (χ1n) is 8.05. The molecule has 0 saturated carbocycles. The number of piperidine rings is 1. The summed E-state index contributed by atoms with van der Waals surface area (Å²) in [5, 5.41) is 12.3. The number of likely N-dealkylation sites (tertiary alicyclic amines) is 1. The first kappa shape index (κ1) is 17.9. The Morgan fingerprint density at radius 2 is 2.16 bits per heavy atom. The third kappa shape index (κ3) is 4.59. The second-order valence-corrected chi connectivity index (χ2v) is 7.31. The lowest BCUT2D eigenvalue weighted by atomic mass is 9.90. The Balaban J connectivity index is 1.63. The van der Waals surface area contributed by atoms with Crippen LogP contribution in [0, 0.1) is 5.92 Å². The highest BCUT2D eigenvalue weighted by Gasteiger charge is 2.37. The number of urea groups is 1. The molecule has 0 spiro atoms. The molecule has 2 saturated heterocycles. The molecule has 25 heavy (non-hydrogen) atoms. The number of carbonyl (C=O) groups is 2. The van der Waals surface area contributed by atoms with Crippen molar-refractivity contribution < 1.29 is 22.8 Å². The van der Waals surface area contributed by atoms with Crippen LogP contribution in [0.1, 0.15) is 30.7 Å². The average Bonchev–Trinajstić information content (AvgIpc) is 3.15. The number of nitrogens with one attached hydrogen (secondary N) is 2. The van der Waals surface area contributed by atoms with Crippen LogP contribution in [0.4, 0.5) is 23.1 Å². The Morgan fingerprint density at radius 3 is 2.84 bits per heavy atom. The Hall–Kier alpha value is -1.91. The molecule has 2 atom stereocenters. The molecule has 2 aliphatic rings. The molecular weight excluding hydrogens is 359 g/mol. The third-order valence-electron chi connectivity index (χ3n) is 4.40. The van der Waals surface area contributed by atoms with Crippen LogP contribution in [0.15, 0.2) is 0 Å². The molecule has 0 aliphatic carbocycles. The quantitative estimate of drug-likeness (QED) is 0.845. The molecular formula is C14H18F3N5O2S. The smallest absolute Gasteiger partial charge is 0.356 e. The van der Waals surface area contributed by atoms with Gasteiger partial charge in [0, 0.05) is 31.5 Å². The van der Waals surface area contributed by atoms with Crippen LogP contribution in [-0.2, 0) is 11.2 Å². The summed E-state index contributed by atoms with van der Waals surface area (Å²) in [7, 11) is 0. The standard InChI is InChI=1S/C14H18F3N5O2S/c15-14(16,17)6-11-20-21-12(25-11)19-13(24)22-4-2-1-3-9(22)8-5-10(23)18-7-8/h8-9H,1-7H2,(H,18,23)(H,19,21,24). The molecule has 2 unspecified atom stereocenters. The molecule has 138 valence electrons. The summed E-state index contributed by atoms with van der Waals surface area (Å²) in [4.78, 5) is 25.6. The van der Waals surface area contributed by atoms with Crippen molar-refractivity contribution in [2.75, 3.05) is 18.4 Å². The van der Waals surface area contributed by atoms with E-state index in [9.17, 15) is 22.8 Å². The van der Waals surface area contributed by atoms with Crippen molar-refractivity contribution in [1.29, 1.82) is 0 Å². The summed E-state index contributed by atoms with van der Waals surface area (Å²) in [5.41, 5.74) is 0. The molecule has 3 amide bonds. The summed E-state index contributed by atoms with van der Waals surface area (Å²) in [6, 6.07) is -0.464. The number of anilines is 1. The van der Waals surface area contributed by atoms with E-state index in [1.807, 2.05) is 0 Å². The van der Waals surface area contributed by atoms with Crippen LogP contribution < -0.4 is 10.6 Å². The number of alkyl halides is 3. The van der Waals surface area contributed by atoms with Gasteiger partial charge in [-0.1, -0.05) is 11.3 Å². The predicted molar refractivity (Wildman–Crippen MR) is 84.1 cm³/mol. The van der Waals surface area contributed by atoms with Crippen LogP contribution in [-0.4, -0.2) is 52.3 Å². The molecule has 11 heteroatoms. The topological polar surface area (TPSA) is 87.2 Å². The molecule has 0 aromatic carbocycles. The number of carbonyl (C=O) groups excluding carboxylic acids is 2. The van der Waals surface area contributed by atoms with Gasteiger partial charge in [0.1, 0.15) is 5.01 Å². The van der Waals surface area contributed by atoms with Gasteiger partial charge >= 0.3 is 12.2 Å². The highest BCUT2D eigenvalue weighted by molar-refractivity contribution is 7.15. The van der Waals surface area contributed by atoms with Gasteiger partial charge in [0.25, 0.3) is 0 Å². The van der Waals surface area contributed by atoms with E-state index in [0.717, 1.165) is 30.6 Å². The molecule has 0 radical (unpaired) electrons. The minimum Gasteiger partial charge on any atom is -0.356 e. The van der Waals surface area contributed by atoms with E-state index >= 15 is 0 Å². The van der Waals surface area contributed by atoms with Gasteiger partial charge in [-0.25, -0.2) is 4.79 Å².